The van der Waals surface area contributed by atoms with Crippen LogP contribution < -0.4 is 4.74 Å². The van der Waals surface area contributed by atoms with Crippen LogP contribution in [0.3, 0.4) is 0 Å². The van der Waals surface area contributed by atoms with Gasteiger partial charge >= 0.3 is 0 Å². The number of hydrogen-bond donors (Lipinski definition) is 2. The number of thiophene rings is 2. The third-order valence-corrected chi connectivity index (χ3v) is 6.47. The Labute approximate surface area is 174 Å². The molecule has 1 atom stereocenters. The van der Waals surface area contributed by atoms with Gasteiger partial charge in [-0.15, -0.1) is 22.7 Å². The molecule has 1 aliphatic heterocycles. The molecule has 1 aromatic carbocycles. The van der Waals surface area contributed by atoms with Gasteiger partial charge in [0.15, 0.2) is 17.3 Å². The van der Waals surface area contributed by atoms with Crippen molar-refractivity contribution in [1.29, 1.82) is 0 Å². The van der Waals surface area contributed by atoms with E-state index in [0.29, 0.717) is 10.4 Å². The molecule has 29 heavy (non-hydrogen) atoms. The minimum absolute atomic E-state index is 0.0439. The average Bonchev–Trinajstić information content (AvgIpc) is 3.47. The van der Waals surface area contributed by atoms with Crippen molar-refractivity contribution in [3.8, 4) is 11.5 Å². The number of carbonyl (C=O) groups is 2. The number of ketones is 1. The second kappa shape index (κ2) is 7.73. The van der Waals surface area contributed by atoms with Crippen molar-refractivity contribution in [1.82, 2.24) is 4.90 Å². The number of carbonyl (C=O) groups excluding carboxylic acids is 2. The number of phenolic OH excluding ortho intramolecular Hbond substituents is 1. The number of aliphatic hydroxyl groups excluding tert-OH is 1. The average molecular weight is 428 g/mol. The molecule has 1 aliphatic rings. The number of methoxy groups -OCH3 is 1. The van der Waals surface area contributed by atoms with E-state index < -0.39 is 23.5 Å². The van der Waals surface area contributed by atoms with E-state index in [0.717, 1.165) is 4.88 Å². The Morgan fingerprint density at radius 3 is 2.52 bits per heavy atom. The molecule has 6 nitrogen and oxygen atoms in total. The molecule has 2 aromatic heterocycles. The second-order valence-corrected chi connectivity index (χ2v) is 8.36. The van der Waals surface area contributed by atoms with Crippen molar-refractivity contribution < 1.29 is 24.5 Å². The summed E-state index contributed by atoms with van der Waals surface area (Å²) < 4.78 is 5.20. The number of aliphatic hydroxyl groups is 1. The van der Waals surface area contributed by atoms with Gasteiger partial charge in [0.05, 0.1) is 30.1 Å². The van der Waals surface area contributed by atoms with Gasteiger partial charge in [-0.05, 0) is 29.0 Å². The number of ether oxygens (including phenoxy) is 1. The van der Waals surface area contributed by atoms with E-state index in [4.69, 9.17) is 4.74 Å². The van der Waals surface area contributed by atoms with Crippen molar-refractivity contribution in [2.45, 2.75) is 12.6 Å². The number of amides is 1. The molecule has 0 saturated heterocycles. The Morgan fingerprint density at radius 2 is 1.86 bits per heavy atom. The summed E-state index contributed by atoms with van der Waals surface area (Å²) in [5, 5.41) is 25.0. The lowest BCUT2D eigenvalue weighted by Crippen LogP contribution is -2.30. The number of hydrogen-bond acceptors (Lipinski definition) is 7. The van der Waals surface area contributed by atoms with Crippen molar-refractivity contribution in [3.05, 3.63) is 79.9 Å². The van der Waals surface area contributed by atoms with E-state index in [1.165, 1.54) is 34.7 Å². The van der Waals surface area contributed by atoms with Gasteiger partial charge < -0.3 is 19.8 Å². The zero-order chi connectivity index (χ0) is 20.5. The minimum atomic E-state index is -0.936. The van der Waals surface area contributed by atoms with Crippen LogP contribution in [0, 0.1) is 0 Å². The van der Waals surface area contributed by atoms with Crippen LogP contribution in [0.15, 0.2) is 64.6 Å². The van der Waals surface area contributed by atoms with E-state index in [2.05, 4.69) is 0 Å². The molecule has 3 heterocycles. The number of Topliss-reactive ketones (excluding diaryl/α,β-unsaturated/α-hetero) is 1. The van der Waals surface area contributed by atoms with Gasteiger partial charge in [-0.3, -0.25) is 9.59 Å². The summed E-state index contributed by atoms with van der Waals surface area (Å²) in [5.74, 6) is -1.63. The SMILES string of the molecule is COc1cccc(C2C(C(=O)c3cccs3)=C(O)C(=O)N2Cc2cccs2)c1O. The maximum absolute atomic E-state index is 13.2. The van der Waals surface area contributed by atoms with Crippen LogP contribution in [0.2, 0.25) is 0 Å². The molecule has 0 saturated carbocycles. The predicted molar refractivity (Wildman–Crippen MR) is 111 cm³/mol. The molecule has 0 aliphatic carbocycles. The van der Waals surface area contributed by atoms with Gasteiger partial charge in [0.1, 0.15) is 0 Å². The molecule has 0 fully saturated rings. The molecule has 1 unspecified atom stereocenters. The first-order chi connectivity index (χ1) is 14.0. The number of rotatable bonds is 6. The monoisotopic (exact) mass is 427 g/mol. The zero-order valence-electron chi connectivity index (χ0n) is 15.4. The molecular weight excluding hydrogens is 410 g/mol. The van der Waals surface area contributed by atoms with Crippen LogP contribution in [0.1, 0.15) is 26.2 Å². The van der Waals surface area contributed by atoms with Crippen LogP contribution in [0.5, 0.6) is 11.5 Å². The fourth-order valence-electron chi connectivity index (χ4n) is 3.41. The number of phenols is 1. The number of para-hydroxylation sites is 1. The van der Waals surface area contributed by atoms with Gasteiger partial charge in [-0.25, -0.2) is 0 Å². The Morgan fingerprint density at radius 1 is 1.10 bits per heavy atom. The van der Waals surface area contributed by atoms with Crippen molar-refractivity contribution in [2.75, 3.05) is 7.11 Å². The van der Waals surface area contributed by atoms with Crippen LogP contribution in [0.25, 0.3) is 0 Å². The Balaban J connectivity index is 1.86. The first-order valence-electron chi connectivity index (χ1n) is 8.73. The quantitative estimate of drug-likeness (QED) is 0.573. The van der Waals surface area contributed by atoms with Crippen molar-refractivity contribution >= 4 is 34.4 Å². The topological polar surface area (TPSA) is 87.1 Å². The van der Waals surface area contributed by atoms with Crippen molar-refractivity contribution in [3.63, 3.8) is 0 Å². The molecule has 1 amide bonds. The largest absolute Gasteiger partial charge is 0.504 e. The van der Waals surface area contributed by atoms with Gasteiger partial charge in [0, 0.05) is 10.4 Å². The Kier molecular flexibility index (Phi) is 5.12. The maximum atomic E-state index is 13.2. The van der Waals surface area contributed by atoms with E-state index in [1.807, 2.05) is 17.5 Å². The highest BCUT2D eigenvalue weighted by Crippen LogP contribution is 2.45. The third-order valence-electron chi connectivity index (χ3n) is 4.74. The smallest absolute Gasteiger partial charge is 0.290 e. The van der Waals surface area contributed by atoms with E-state index in [-0.39, 0.29) is 23.6 Å². The molecule has 0 bridgehead atoms. The summed E-state index contributed by atoms with van der Waals surface area (Å²) in [5.41, 5.74) is 0.274. The van der Waals surface area contributed by atoms with Crippen LogP contribution in [-0.4, -0.2) is 33.9 Å². The van der Waals surface area contributed by atoms with Crippen LogP contribution in [-0.2, 0) is 11.3 Å². The number of nitrogens with zero attached hydrogens (tertiary/aromatic N) is 1. The number of benzene rings is 1. The lowest BCUT2D eigenvalue weighted by molar-refractivity contribution is -0.130. The second-order valence-electron chi connectivity index (χ2n) is 6.38. The van der Waals surface area contributed by atoms with E-state index in [9.17, 15) is 19.8 Å². The summed E-state index contributed by atoms with van der Waals surface area (Å²) in [6, 6.07) is 11.1. The normalized spacial score (nSPS) is 16.5. The number of aromatic hydroxyl groups is 1. The van der Waals surface area contributed by atoms with Crippen LogP contribution >= 0.6 is 22.7 Å². The first kappa shape index (κ1) is 19.2. The highest BCUT2D eigenvalue weighted by atomic mass is 32.1. The lowest BCUT2D eigenvalue weighted by Gasteiger charge is -2.27. The summed E-state index contributed by atoms with van der Waals surface area (Å²) >= 11 is 2.69. The molecule has 4 rings (SSSR count). The standard InChI is InChI=1S/C21H17NO5S2/c1-27-14-7-2-6-13(18(14)23)17-16(19(24)15-8-4-10-29-15)20(25)21(26)22(17)11-12-5-3-9-28-12/h2-10,17,23,25H,11H2,1H3. The minimum Gasteiger partial charge on any atom is -0.504 e. The third kappa shape index (κ3) is 3.30. The van der Waals surface area contributed by atoms with Gasteiger partial charge in [0.2, 0.25) is 5.78 Å². The predicted octanol–water partition coefficient (Wildman–Crippen LogP) is 4.30. The summed E-state index contributed by atoms with van der Waals surface area (Å²) in [6.07, 6.45) is 0. The molecule has 3 aromatic rings. The van der Waals surface area contributed by atoms with Gasteiger partial charge in [-0.1, -0.05) is 24.3 Å². The first-order valence-corrected chi connectivity index (χ1v) is 10.5. The summed E-state index contributed by atoms with van der Waals surface area (Å²) in [6.45, 7) is 0.198. The van der Waals surface area contributed by atoms with Gasteiger partial charge in [-0.2, -0.15) is 0 Å². The fourth-order valence-corrected chi connectivity index (χ4v) is 4.79. The molecule has 0 radical (unpaired) electrons. The highest BCUT2D eigenvalue weighted by molar-refractivity contribution is 7.12. The molecule has 2 N–H and O–H groups in total. The Hall–Kier alpha value is -3.10. The zero-order valence-corrected chi connectivity index (χ0v) is 17.0. The van der Waals surface area contributed by atoms with Crippen LogP contribution in [0.4, 0.5) is 0 Å². The van der Waals surface area contributed by atoms with E-state index >= 15 is 0 Å². The maximum Gasteiger partial charge on any atom is 0.290 e. The molecule has 0 spiro atoms. The summed E-state index contributed by atoms with van der Waals surface area (Å²) in [7, 11) is 1.42. The van der Waals surface area contributed by atoms with Crippen molar-refractivity contribution in [2.24, 2.45) is 0 Å². The fraction of sp³-hybridized carbons (Fsp3) is 0.143. The summed E-state index contributed by atoms with van der Waals surface area (Å²) in [4.78, 5) is 28.8. The molecule has 8 heteroatoms. The highest BCUT2D eigenvalue weighted by Gasteiger charge is 2.45. The van der Waals surface area contributed by atoms with Gasteiger partial charge in [0.25, 0.3) is 5.91 Å². The Bertz CT molecular complexity index is 1090. The molecule has 148 valence electrons. The lowest BCUT2D eigenvalue weighted by atomic mass is 9.94. The van der Waals surface area contributed by atoms with E-state index in [1.54, 1.807) is 35.7 Å². The molecular formula is C21H17NO5S2.